The molecule has 0 aliphatic carbocycles. The van der Waals surface area contributed by atoms with E-state index in [1.807, 2.05) is 13.8 Å². The molecule has 0 heterocycles. The summed E-state index contributed by atoms with van der Waals surface area (Å²) in [6, 6.07) is 6.40. The molecule has 1 unspecified atom stereocenters. The van der Waals surface area contributed by atoms with Gasteiger partial charge < -0.3 is 14.2 Å². The van der Waals surface area contributed by atoms with Gasteiger partial charge in [-0.2, -0.15) is 0 Å². The normalized spacial score (nSPS) is 8.69. The first-order chi connectivity index (χ1) is 9.56. The number of hydrogen-bond donors (Lipinski definition) is 0. The fourth-order valence-electron chi connectivity index (χ4n) is 1.24. The molecule has 156 valence electrons. The second-order valence-corrected chi connectivity index (χ2v) is 4.08. The van der Waals surface area contributed by atoms with Gasteiger partial charge in [-0.05, 0) is 37.6 Å². The van der Waals surface area contributed by atoms with Crippen LogP contribution in [0.15, 0.2) is 36.9 Å². The van der Waals surface area contributed by atoms with Gasteiger partial charge in [-0.25, -0.2) is 9.59 Å². The Morgan fingerprint density at radius 2 is 1.54 bits per heavy atom. The van der Waals surface area contributed by atoms with E-state index >= 15 is 0 Å². The van der Waals surface area contributed by atoms with E-state index in [2.05, 4.69) is 11.3 Å². The smallest absolute Gasteiger partial charge is 0.338 e. The van der Waals surface area contributed by atoms with Crippen molar-refractivity contribution in [1.29, 1.82) is 0 Å². The van der Waals surface area contributed by atoms with E-state index in [1.54, 1.807) is 24.3 Å². The Hall–Kier alpha value is -2.30. The van der Waals surface area contributed by atoms with E-state index in [9.17, 15) is 9.59 Å². The Balaban J connectivity index is -0.000000167. The molecule has 5 nitrogen and oxygen atoms in total. The topological polar surface area (TPSA) is 61.8 Å². The molecule has 0 aliphatic heterocycles. The van der Waals surface area contributed by atoms with Gasteiger partial charge in [-0.3, -0.25) is 0 Å². The summed E-state index contributed by atoms with van der Waals surface area (Å²) in [5.41, 5.74) is 0.445. The highest BCUT2D eigenvalue weighted by Gasteiger charge is 2.10. The molecule has 1 rings (SSSR count). The van der Waals surface area contributed by atoms with Gasteiger partial charge in [-0.15, -0.1) is 0 Å². The highest BCUT2D eigenvalue weighted by Crippen LogP contribution is 2.14. The van der Waals surface area contributed by atoms with Crippen LogP contribution in [0.4, 0.5) is 0 Å². The summed E-state index contributed by atoms with van der Waals surface area (Å²) in [5, 5.41) is 0. The third kappa shape index (κ3) is 14.1. The molecule has 0 aromatic heterocycles. The monoisotopic (exact) mass is 374 g/mol. The lowest BCUT2D eigenvalue weighted by Crippen LogP contribution is -2.14. The molecule has 1 atom stereocenters. The molecule has 0 N–H and O–H groups in total. The van der Waals surface area contributed by atoms with Crippen LogP contribution in [-0.4, -0.2) is 24.8 Å². The number of ether oxygens (including phenoxy) is 3. The average Bonchev–Trinajstić information content (AvgIpc) is 2.47. The Labute approximate surface area is 162 Å². The Kier molecular flexibility index (Phi) is 31.1. The lowest BCUT2D eigenvalue weighted by molar-refractivity contribution is -0.144. The SMILES string of the molecule is C.C.C.C.C.C.C=CC(=O)OCOc1ccc(C(=O)OC(C)CC)cc1. The summed E-state index contributed by atoms with van der Waals surface area (Å²) in [5.74, 6) is -0.440. The second kappa shape index (κ2) is 20.7. The predicted octanol–water partition coefficient (Wildman–Crippen LogP) is 6.52. The maximum atomic E-state index is 11.7. The molecule has 1 aromatic carbocycles. The minimum atomic E-state index is -0.557. The molecule has 0 spiro atoms. The predicted molar refractivity (Wildman–Crippen MR) is 114 cm³/mol. The van der Waals surface area contributed by atoms with Crippen molar-refractivity contribution in [3.05, 3.63) is 42.5 Å². The van der Waals surface area contributed by atoms with Crippen LogP contribution in [0.25, 0.3) is 0 Å². The van der Waals surface area contributed by atoms with Crippen LogP contribution in [0.2, 0.25) is 0 Å². The Morgan fingerprint density at radius 3 is 1.96 bits per heavy atom. The molecule has 0 bridgehead atoms. The van der Waals surface area contributed by atoms with Gasteiger partial charge in [0, 0.05) is 6.08 Å². The molecule has 1 aromatic rings. The van der Waals surface area contributed by atoms with Gasteiger partial charge in [0.2, 0.25) is 6.79 Å². The van der Waals surface area contributed by atoms with Crippen molar-refractivity contribution in [1.82, 2.24) is 0 Å². The van der Waals surface area contributed by atoms with Crippen molar-refractivity contribution >= 4 is 11.9 Å². The zero-order valence-electron chi connectivity index (χ0n) is 11.6. The number of rotatable bonds is 7. The van der Waals surface area contributed by atoms with Crippen LogP contribution >= 0.6 is 0 Å². The number of carbonyl (C=O) groups excluding carboxylic acids is 2. The minimum Gasteiger partial charge on any atom is -0.459 e. The van der Waals surface area contributed by atoms with Crippen molar-refractivity contribution in [2.45, 2.75) is 70.9 Å². The van der Waals surface area contributed by atoms with Crippen LogP contribution < -0.4 is 4.74 Å². The molecule has 0 amide bonds. The van der Waals surface area contributed by atoms with E-state index in [1.165, 1.54) is 0 Å². The van der Waals surface area contributed by atoms with Crippen LogP contribution in [0.3, 0.4) is 0 Å². The molecular formula is C21H42O5. The molecular weight excluding hydrogens is 332 g/mol. The fourth-order valence-corrected chi connectivity index (χ4v) is 1.24. The maximum absolute atomic E-state index is 11.7. The van der Waals surface area contributed by atoms with E-state index in [0.29, 0.717) is 11.3 Å². The number of hydrogen-bond acceptors (Lipinski definition) is 5. The first kappa shape index (κ1) is 39.0. The maximum Gasteiger partial charge on any atom is 0.338 e. The highest BCUT2D eigenvalue weighted by atomic mass is 16.7. The summed E-state index contributed by atoms with van der Waals surface area (Å²) in [6.45, 7) is 6.84. The van der Waals surface area contributed by atoms with Crippen LogP contribution in [0, 0.1) is 0 Å². The highest BCUT2D eigenvalue weighted by molar-refractivity contribution is 5.89. The van der Waals surface area contributed by atoms with Crippen molar-refractivity contribution in [3.63, 3.8) is 0 Å². The van der Waals surface area contributed by atoms with Gasteiger partial charge in [0.1, 0.15) is 5.75 Å². The fraction of sp³-hybridized carbons (Fsp3) is 0.524. The number of esters is 2. The second-order valence-electron chi connectivity index (χ2n) is 4.08. The Bertz CT molecular complexity index is 466. The summed E-state index contributed by atoms with van der Waals surface area (Å²) < 4.78 is 15.0. The lowest BCUT2D eigenvalue weighted by atomic mass is 10.2. The van der Waals surface area contributed by atoms with Crippen molar-refractivity contribution < 1.29 is 23.8 Å². The Morgan fingerprint density at radius 1 is 1.04 bits per heavy atom. The third-order valence-electron chi connectivity index (χ3n) is 2.57. The number of benzene rings is 1. The summed E-state index contributed by atoms with van der Waals surface area (Å²) in [6.07, 6.45) is 1.70. The van der Waals surface area contributed by atoms with Crippen molar-refractivity contribution in [3.8, 4) is 5.75 Å². The van der Waals surface area contributed by atoms with Crippen molar-refractivity contribution in [2.75, 3.05) is 6.79 Å². The summed E-state index contributed by atoms with van der Waals surface area (Å²) in [7, 11) is 0. The number of carbonyl (C=O) groups is 2. The summed E-state index contributed by atoms with van der Waals surface area (Å²) in [4.78, 5) is 22.5. The van der Waals surface area contributed by atoms with Crippen LogP contribution in [0.5, 0.6) is 5.75 Å². The zero-order chi connectivity index (χ0) is 15.0. The van der Waals surface area contributed by atoms with Gasteiger partial charge >= 0.3 is 11.9 Å². The molecule has 0 fully saturated rings. The molecule has 0 radical (unpaired) electrons. The standard InChI is InChI=1S/C15H18O5.6CH4/c1-4-11(3)20-15(17)12-6-8-13(9-7-12)18-10-19-14(16)5-2;;;;;;/h5-9,11H,2,4,10H2,1,3H3;6*1H4. The zero-order valence-corrected chi connectivity index (χ0v) is 11.6. The van der Waals surface area contributed by atoms with Gasteiger partial charge in [0.25, 0.3) is 0 Å². The molecule has 26 heavy (non-hydrogen) atoms. The van der Waals surface area contributed by atoms with E-state index in [4.69, 9.17) is 9.47 Å². The largest absolute Gasteiger partial charge is 0.459 e. The lowest BCUT2D eigenvalue weighted by Gasteiger charge is -2.11. The third-order valence-corrected chi connectivity index (χ3v) is 2.57. The first-order valence-electron chi connectivity index (χ1n) is 6.29. The van der Waals surface area contributed by atoms with E-state index < -0.39 is 5.97 Å². The van der Waals surface area contributed by atoms with E-state index in [0.717, 1.165) is 12.5 Å². The molecule has 0 saturated carbocycles. The van der Waals surface area contributed by atoms with Crippen LogP contribution in [-0.2, 0) is 14.3 Å². The molecule has 0 saturated heterocycles. The average molecular weight is 375 g/mol. The van der Waals surface area contributed by atoms with Gasteiger partial charge in [0.05, 0.1) is 11.7 Å². The molecule has 0 aliphatic rings. The van der Waals surface area contributed by atoms with Crippen molar-refractivity contribution in [2.24, 2.45) is 0 Å². The van der Waals surface area contributed by atoms with E-state index in [-0.39, 0.29) is 63.4 Å². The molecule has 5 heteroatoms. The first-order valence-corrected chi connectivity index (χ1v) is 6.29. The van der Waals surface area contributed by atoms with Gasteiger partial charge in [-0.1, -0.05) is 58.1 Å². The quantitative estimate of drug-likeness (QED) is 0.309. The summed E-state index contributed by atoms with van der Waals surface area (Å²) >= 11 is 0. The van der Waals surface area contributed by atoms with Crippen LogP contribution in [0.1, 0.15) is 75.2 Å². The van der Waals surface area contributed by atoms with Gasteiger partial charge in [0.15, 0.2) is 0 Å². The minimum absolute atomic E-state index is 0.